The molecule has 0 unspecified atom stereocenters. The van der Waals surface area contributed by atoms with Gasteiger partial charge in [0.05, 0.1) is 0 Å². The van der Waals surface area contributed by atoms with Crippen molar-refractivity contribution in [2.24, 2.45) is 0 Å². The third-order valence-corrected chi connectivity index (χ3v) is 1.99. The van der Waals surface area contributed by atoms with Crippen molar-refractivity contribution in [3.05, 3.63) is 17.8 Å². The average Bonchev–Trinajstić information content (AvgIpc) is 1.96. The van der Waals surface area contributed by atoms with Gasteiger partial charge >= 0.3 is 0 Å². The summed E-state index contributed by atoms with van der Waals surface area (Å²) in [6.45, 7) is 1.73. The maximum atomic E-state index is 11.9. The lowest BCUT2D eigenvalue weighted by Crippen LogP contribution is -1.94. The lowest BCUT2D eigenvalue weighted by atomic mass is 10.3. The quantitative estimate of drug-likeness (QED) is 0.727. The first-order valence-electron chi connectivity index (χ1n) is 3.26. The number of anilines is 1. The molecule has 0 radical (unpaired) electrons. The van der Waals surface area contributed by atoms with Crippen LogP contribution < -0.4 is 5.73 Å². The summed E-state index contributed by atoms with van der Waals surface area (Å²) in [6.07, 6.45) is 1.35. The van der Waals surface area contributed by atoms with Crippen molar-refractivity contribution in [1.82, 2.24) is 4.98 Å². The molecule has 0 atom stereocenters. The molecule has 0 fully saturated rings. The van der Waals surface area contributed by atoms with Crippen LogP contribution in [0.5, 0.6) is 0 Å². The van der Waals surface area contributed by atoms with E-state index >= 15 is 0 Å². The summed E-state index contributed by atoms with van der Waals surface area (Å²) in [4.78, 5) is 4.20. The molecule has 0 saturated heterocycles. The van der Waals surface area contributed by atoms with E-state index in [1.165, 1.54) is 6.20 Å². The van der Waals surface area contributed by atoms with Crippen LogP contribution in [0.2, 0.25) is 0 Å². The molecule has 2 N–H and O–H groups in total. The predicted octanol–water partition coefficient (Wildman–Crippen LogP) is 2.29. The molecular weight excluding hydrogens is 182 g/mol. The molecule has 0 aliphatic heterocycles. The van der Waals surface area contributed by atoms with Gasteiger partial charge in [0.2, 0.25) is 0 Å². The second-order valence-corrected chi connectivity index (χ2v) is 3.32. The van der Waals surface area contributed by atoms with Crippen LogP contribution in [0.3, 0.4) is 0 Å². The van der Waals surface area contributed by atoms with Gasteiger partial charge in [0.15, 0.2) is 0 Å². The van der Waals surface area contributed by atoms with E-state index in [1.807, 2.05) is 0 Å². The van der Waals surface area contributed by atoms with Crippen LogP contribution in [0.25, 0.3) is 0 Å². The molecule has 0 aliphatic rings. The van der Waals surface area contributed by atoms with Gasteiger partial charge in [0.25, 0.3) is 5.76 Å². The molecule has 1 heterocycles. The van der Waals surface area contributed by atoms with E-state index in [9.17, 15) is 8.78 Å². The van der Waals surface area contributed by atoms with E-state index in [-0.39, 0.29) is 0 Å². The Morgan fingerprint density at radius 1 is 1.58 bits per heavy atom. The number of nitrogens with zero attached hydrogens (tertiary/aromatic N) is 1. The van der Waals surface area contributed by atoms with Crippen LogP contribution in [-0.2, 0) is 0 Å². The summed E-state index contributed by atoms with van der Waals surface area (Å²) >= 11 is 0.470. The highest BCUT2D eigenvalue weighted by Gasteiger charge is 2.06. The van der Waals surface area contributed by atoms with E-state index in [0.717, 1.165) is 5.56 Å². The molecule has 0 bridgehead atoms. The number of aromatic nitrogens is 1. The normalized spacial score (nSPS) is 10.7. The monoisotopic (exact) mass is 190 g/mol. The number of nitrogens with two attached hydrogens (primary N) is 1. The number of aryl methyl sites for hydroxylation is 1. The number of alkyl halides is 2. The Bertz CT molecular complexity index is 278. The maximum absolute atomic E-state index is 11.9. The van der Waals surface area contributed by atoms with E-state index in [0.29, 0.717) is 22.5 Å². The van der Waals surface area contributed by atoms with Crippen molar-refractivity contribution in [2.75, 3.05) is 5.73 Å². The molecule has 1 aromatic rings. The fourth-order valence-corrected chi connectivity index (χ4v) is 1.29. The van der Waals surface area contributed by atoms with Gasteiger partial charge in [0, 0.05) is 11.1 Å². The number of pyridine rings is 1. The highest BCUT2D eigenvalue weighted by atomic mass is 32.2. The number of nitrogen functional groups attached to an aromatic ring is 1. The third kappa shape index (κ3) is 2.34. The minimum absolute atomic E-state index is 0.383. The number of rotatable bonds is 2. The zero-order valence-corrected chi connectivity index (χ0v) is 7.24. The predicted molar refractivity (Wildman–Crippen MR) is 45.2 cm³/mol. The molecule has 1 rings (SSSR count). The molecule has 2 nitrogen and oxygen atoms in total. The van der Waals surface area contributed by atoms with Crippen LogP contribution in [0, 0.1) is 6.92 Å². The van der Waals surface area contributed by atoms with Gasteiger partial charge in [-0.15, -0.1) is 0 Å². The second kappa shape index (κ2) is 3.71. The first kappa shape index (κ1) is 9.25. The molecule has 0 saturated carbocycles. The first-order valence-corrected chi connectivity index (χ1v) is 4.14. The summed E-state index contributed by atoms with van der Waals surface area (Å²) in [7, 11) is 0. The van der Waals surface area contributed by atoms with Gasteiger partial charge in [-0.2, -0.15) is 8.78 Å². The SMILES string of the molecule is Cc1cc(SC(F)F)cnc1N. The van der Waals surface area contributed by atoms with Gasteiger partial charge < -0.3 is 5.73 Å². The van der Waals surface area contributed by atoms with E-state index < -0.39 is 5.76 Å². The van der Waals surface area contributed by atoms with Crippen molar-refractivity contribution in [3.63, 3.8) is 0 Å². The summed E-state index contributed by atoms with van der Waals surface area (Å²) in [6, 6.07) is 1.60. The molecule has 0 aliphatic carbocycles. The second-order valence-electron chi connectivity index (χ2n) is 2.25. The highest BCUT2D eigenvalue weighted by molar-refractivity contribution is 7.99. The van der Waals surface area contributed by atoms with Crippen LogP contribution in [0.1, 0.15) is 5.56 Å². The van der Waals surface area contributed by atoms with E-state index in [4.69, 9.17) is 5.73 Å². The number of thioether (sulfide) groups is 1. The van der Waals surface area contributed by atoms with Crippen LogP contribution in [0.4, 0.5) is 14.6 Å². The smallest absolute Gasteiger partial charge is 0.288 e. The number of hydrogen-bond acceptors (Lipinski definition) is 3. The van der Waals surface area contributed by atoms with Crippen molar-refractivity contribution < 1.29 is 8.78 Å². The van der Waals surface area contributed by atoms with Crippen LogP contribution in [-0.4, -0.2) is 10.7 Å². The molecule has 66 valence electrons. The molecule has 5 heteroatoms. The van der Waals surface area contributed by atoms with Crippen molar-refractivity contribution in [3.8, 4) is 0 Å². The Balaban J connectivity index is 2.82. The van der Waals surface area contributed by atoms with E-state index in [1.54, 1.807) is 13.0 Å². The summed E-state index contributed by atoms with van der Waals surface area (Å²) in [5.74, 6) is -2.02. The Labute approximate surface area is 73.2 Å². The summed E-state index contributed by atoms with van der Waals surface area (Å²) in [5, 5.41) is 0. The van der Waals surface area contributed by atoms with Crippen LogP contribution >= 0.6 is 11.8 Å². The summed E-state index contributed by atoms with van der Waals surface area (Å²) < 4.78 is 23.7. The highest BCUT2D eigenvalue weighted by Crippen LogP contribution is 2.25. The Morgan fingerprint density at radius 3 is 2.75 bits per heavy atom. The summed E-state index contributed by atoms with van der Waals surface area (Å²) in [5.41, 5.74) is 6.13. The van der Waals surface area contributed by atoms with Gasteiger partial charge in [-0.05, 0) is 18.6 Å². The molecule has 12 heavy (non-hydrogen) atoms. The minimum Gasteiger partial charge on any atom is -0.383 e. The standard InChI is InChI=1S/C7H8F2N2S/c1-4-2-5(12-7(8)9)3-11-6(4)10/h2-3,7H,1H3,(H2,10,11). The maximum Gasteiger partial charge on any atom is 0.288 e. The average molecular weight is 190 g/mol. The van der Waals surface area contributed by atoms with Crippen molar-refractivity contribution >= 4 is 17.6 Å². The third-order valence-electron chi connectivity index (χ3n) is 1.32. The number of hydrogen-bond donors (Lipinski definition) is 1. The zero-order valence-electron chi connectivity index (χ0n) is 6.42. The molecular formula is C7H8F2N2S. The number of halogens is 2. The fraction of sp³-hybridized carbons (Fsp3) is 0.286. The lowest BCUT2D eigenvalue weighted by molar-refractivity contribution is 0.252. The Morgan fingerprint density at radius 2 is 2.25 bits per heavy atom. The largest absolute Gasteiger partial charge is 0.383 e. The zero-order chi connectivity index (χ0) is 9.14. The van der Waals surface area contributed by atoms with Crippen LogP contribution in [0.15, 0.2) is 17.2 Å². The molecule has 1 aromatic heterocycles. The Hall–Kier alpha value is -0.840. The first-order chi connectivity index (χ1) is 5.59. The topological polar surface area (TPSA) is 38.9 Å². The van der Waals surface area contributed by atoms with Gasteiger partial charge in [-0.25, -0.2) is 4.98 Å². The van der Waals surface area contributed by atoms with E-state index in [2.05, 4.69) is 4.98 Å². The Kier molecular flexibility index (Phi) is 2.86. The van der Waals surface area contributed by atoms with Gasteiger partial charge in [-0.3, -0.25) is 0 Å². The molecule has 0 amide bonds. The fourth-order valence-electron chi connectivity index (χ4n) is 0.727. The lowest BCUT2D eigenvalue weighted by Gasteiger charge is -2.02. The van der Waals surface area contributed by atoms with Crippen molar-refractivity contribution in [2.45, 2.75) is 17.6 Å². The van der Waals surface area contributed by atoms with Crippen molar-refractivity contribution in [1.29, 1.82) is 0 Å². The van der Waals surface area contributed by atoms with Gasteiger partial charge in [-0.1, -0.05) is 11.8 Å². The minimum atomic E-state index is -2.41. The molecule has 0 aromatic carbocycles. The van der Waals surface area contributed by atoms with Gasteiger partial charge in [0.1, 0.15) is 5.82 Å². The molecule has 0 spiro atoms.